The summed E-state index contributed by atoms with van der Waals surface area (Å²) in [6.07, 6.45) is 1.33. The molecule has 0 aromatic carbocycles. The van der Waals surface area contributed by atoms with E-state index in [4.69, 9.17) is 5.73 Å². The second-order valence-electron chi connectivity index (χ2n) is 3.00. The SMILES string of the molecule is CCC(C)CC(=O)NOCC(N)=O. The van der Waals surface area contributed by atoms with Gasteiger partial charge in [-0.15, -0.1) is 0 Å². The number of hydrogen-bond donors (Lipinski definition) is 2. The quantitative estimate of drug-likeness (QED) is 0.574. The summed E-state index contributed by atoms with van der Waals surface area (Å²) in [5.74, 6) is -0.517. The number of nitrogens with two attached hydrogens (primary N) is 1. The molecule has 13 heavy (non-hydrogen) atoms. The van der Waals surface area contributed by atoms with E-state index in [2.05, 4.69) is 10.3 Å². The third kappa shape index (κ3) is 7.27. The molecule has 0 heterocycles. The van der Waals surface area contributed by atoms with Crippen LogP contribution in [0.2, 0.25) is 0 Å². The van der Waals surface area contributed by atoms with Crippen molar-refractivity contribution in [1.82, 2.24) is 5.48 Å². The van der Waals surface area contributed by atoms with Crippen LogP contribution in [0, 0.1) is 5.92 Å². The Kier molecular flexibility index (Phi) is 5.88. The highest BCUT2D eigenvalue weighted by Crippen LogP contribution is 2.05. The molecule has 5 nitrogen and oxygen atoms in total. The van der Waals surface area contributed by atoms with Crippen molar-refractivity contribution in [2.24, 2.45) is 11.7 Å². The summed E-state index contributed by atoms with van der Waals surface area (Å²) in [5, 5.41) is 0. The van der Waals surface area contributed by atoms with Gasteiger partial charge in [-0.2, -0.15) is 0 Å². The number of carbonyl (C=O) groups is 2. The van der Waals surface area contributed by atoms with Gasteiger partial charge in [-0.3, -0.25) is 14.4 Å². The smallest absolute Gasteiger partial charge is 0.246 e. The Morgan fingerprint density at radius 1 is 1.54 bits per heavy atom. The van der Waals surface area contributed by atoms with Crippen LogP contribution in [0.25, 0.3) is 0 Å². The Labute approximate surface area is 77.6 Å². The average molecular weight is 188 g/mol. The standard InChI is InChI=1S/C8H16N2O3/c1-3-6(2)4-8(12)10-13-5-7(9)11/h6H,3-5H2,1-2H3,(H2,9,11)(H,10,12). The maximum absolute atomic E-state index is 11.0. The third-order valence-corrected chi connectivity index (χ3v) is 1.63. The van der Waals surface area contributed by atoms with Crippen molar-refractivity contribution in [3.05, 3.63) is 0 Å². The molecule has 0 aliphatic rings. The molecule has 1 unspecified atom stereocenters. The van der Waals surface area contributed by atoms with Crippen molar-refractivity contribution in [3.8, 4) is 0 Å². The summed E-state index contributed by atoms with van der Waals surface area (Å²) in [6.45, 7) is 3.68. The fraction of sp³-hybridized carbons (Fsp3) is 0.750. The maximum Gasteiger partial charge on any atom is 0.246 e. The molecule has 0 aliphatic heterocycles. The molecule has 1 atom stereocenters. The van der Waals surface area contributed by atoms with Crippen molar-refractivity contribution >= 4 is 11.8 Å². The Balaban J connectivity index is 3.46. The number of hydroxylamine groups is 1. The van der Waals surface area contributed by atoms with E-state index in [0.717, 1.165) is 6.42 Å². The van der Waals surface area contributed by atoms with Gasteiger partial charge in [0.05, 0.1) is 0 Å². The monoisotopic (exact) mass is 188 g/mol. The van der Waals surface area contributed by atoms with Gasteiger partial charge in [0, 0.05) is 6.42 Å². The van der Waals surface area contributed by atoms with E-state index in [1.165, 1.54) is 0 Å². The van der Waals surface area contributed by atoms with E-state index < -0.39 is 5.91 Å². The zero-order valence-electron chi connectivity index (χ0n) is 8.00. The number of rotatable bonds is 6. The third-order valence-electron chi connectivity index (χ3n) is 1.63. The Morgan fingerprint density at radius 3 is 2.62 bits per heavy atom. The fourth-order valence-electron chi connectivity index (χ4n) is 0.690. The minimum absolute atomic E-state index is 0.226. The first-order valence-electron chi connectivity index (χ1n) is 4.25. The first kappa shape index (κ1) is 11.9. The first-order chi connectivity index (χ1) is 6.06. The largest absolute Gasteiger partial charge is 0.368 e. The zero-order chi connectivity index (χ0) is 10.3. The number of carbonyl (C=O) groups excluding carboxylic acids is 2. The Hall–Kier alpha value is -1.10. The summed E-state index contributed by atoms with van der Waals surface area (Å²) in [6, 6.07) is 0. The predicted octanol–water partition coefficient (Wildman–Crippen LogP) is -0.0443. The van der Waals surface area contributed by atoms with Crippen LogP contribution < -0.4 is 11.2 Å². The number of primary amides is 1. The van der Waals surface area contributed by atoms with Crippen molar-refractivity contribution < 1.29 is 14.4 Å². The maximum atomic E-state index is 11.0. The molecular weight excluding hydrogens is 172 g/mol. The molecule has 3 N–H and O–H groups in total. The zero-order valence-corrected chi connectivity index (χ0v) is 8.00. The minimum atomic E-state index is -0.608. The molecule has 0 aliphatic carbocycles. The number of nitrogens with one attached hydrogen (secondary N) is 1. The number of amides is 2. The molecule has 76 valence electrons. The Bertz CT molecular complexity index is 182. The van der Waals surface area contributed by atoms with Gasteiger partial charge in [-0.05, 0) is 5.92 Å². The van der Waals surface area contributed by atoms with Crippen LogP contribution in [0.5, 0.6) is 0 Å². The van der Waals surface area contributed by atoms with Gasteiger partial charge < -0.3 is 5.73 Å². The summed E-state index contributed by atoms with van der Waals surface area (Å²) in [7, 11) is 0. The van der Waals surface area contributed by atoms with Crippen molar-refractivity contribution in [1.29, 1.82) is 0 Å². The fourth-order valence-corrected chi connectivity index (χ4v) is 0.690. The molecule has 0 radical (unpaired) electrons. The predicted molar refractivity (Wildman–Crippen MR) is 47.4 cm³/mol. The van der Waals surface area contributed by atoms with Crippen LogP contribution in [0.1, 0.15) is 26.7 Å². The topological polar surface area (TPSA) is 81.4 Å². The molecule has 0 aromatic rings. The van der Waals surface area contributed by atoms with Crippen molar-refractivity contribution in [3.63, 3.8) is 0 Å². The molecular formula is C8H16N2O3. The Morgan fingerprint density at radius 2 is 2.15 bits per heavy atom. The highest BCUT2D eigenvalue weighted by molar-refractivity contribution is 5.77. The van der Waals surface area contributed by atoms with Crippen LogP contribution in [0.3, 0.4) is 0 Å². The highest BCUT2D eigenvalue weighted by Gasteiger charge is 2.06. The minimum Gasteiger partial charge on any atom is -0.368 e. The lowest BCUT2D eigenvalue weighted by atomic mass is 10.1. The molecule has 0 saturated carbocycles. The lowest BCUT2D eigenvalue weighted by Gasteiger charge is -2.07. The normalized spacial score (nSPS) is 12.2. The summed E-state index contributed by atoms with van der Waals surface area (Å²) in [5.41, 5.74) is 6.93. The van der Waals surface area contributed by atoms with E-state index in [9.17, 15) is 9.59 Å². The lowest BCUT2D eigenvalue weighted by Crippen LogP contribution is -2.30. The van der Waals surface area contributed by atoms with Crippen LogP contribution in [-0.2, 0) is 14.4 Å². The van der Waals surface area contributed by atoms with E-state index in [0.29, 0.717) is 12.3 Å². The molecule has 0 bridgehead atoms. The van der Waals surface area contributed by atoms with Gasteiger partial charge >= 0.3 is 0 Å². The van der Waals surface area contributed by atoms with Gasteiger partial charge in [-0.1, -0.05) is 20.3 Å². The first-order valence-corrected chi connectivity index (χ1v) is 4.25. The summed E-state index contributed by atoms with van der Waals surface area (Å²) in [4.78, 5) is 25.7. The van der Waals surface area contributed by atoms with Crippen molar-refractivity contribution in [2.75, 3.05) is 6.61 Å². The van der Waals surface area contributed by atoms with Crippen molar-refractivity contribution in [2.45, 2.75) is 26.7 Å². The van der Waals surface area contributed by atoms with E-state index >= 15 is 0 Å². The van der Waals surface area contributed by atoms with E-state index in [1.807, 2.05) is 13.8 Å². The van der Waals surface area contributed by atoms with Crippen LogP contribution in [0.15, 0.2) is 0 Å². The molecule has 0 rings (SSSR count). The van der Waals surface area contributed by atoms with Gasteiger partial charge in [0.1, 0.15) is 0 Å². The number of hydrogen-bond acceptors (Lipinski definition) is 3. The summed E-state index contributed by atoms with van der Waals surface area (Å²) >= 11 is 0. The van der Waals surface area contributed by atoms with Gasteiger partial charge in [0.15, 0.2) is 6.61 Å². The second-order valence-corrected chi connectivity index (χ2v) is 3.00. The highest BCUT2D eigenvalue weighted by atomic mass is 16.7. The average Bonchev–Trinajstić information content (AvgIpc) is 2.03. The molecule has 0 aromatic heterocycles. The van der Waals surface area contributed by atoms with Gasteiger partial charge in [0.2, 0.25) is 11.8 Å². The van der Waals surface area contributed by atoms with Gasteiger partial charge in [0.25, 0.3) is 0 Å². The molecule has 2 amide bonds. The molecule has 0 spiro atoms. The van der Waals surface area contributed by atoms with Crippen LogP contribution in [0.4, 0.5) is 0 Å². The molecule has 5 heteroatoms. The molecule has 0 saturated heterocycles. The second kappa shape index (κ2) is 6.42. The van der Waals surface area contributed by atoms with E-state index in [1.54, 1.807) is 0 Å². The van der Waals surface area contributed by atoms with Crippen LogP contribution >= 0.6 is 0 Å². The molecule has 0 fully saturated rings. The van der Waals surface area contributed by atoms with Gasteiger partial charge in [-0.25, -0.2) is 5.48 Å². The van der Waals surface area contributed by atoms with E-state index in [-0.39, 0.29) is 12.5 Å². The summed E-state index contributed by atoms with van der Waals surface area (Å²) < 4.78 is 0. The van der Waals surface area contributed by atoms with Crippen LogP contribution in [-0.4, -0.2) is 18.4 Å². The lowest BCUT2D eigenvalue weighted by molar-refractivity contribution is -0.138.